The number of anilines is 1. The van der Waals surface area contributed by atoms with Crippen molar-refractivity contribution in [2.45, 2.75) is 25.9 Å². The molecule has 0 atom stereocenters. The van der Waals surface area contributed by atoms with Crippen LogP contribution in [0.3, 0.4) is 0 Å². The number of aryl methyl sites for hydroxylation is 1. The first kappa shape index (κ1) is 23.1. The van der Waals surface area contributed by atoms with Gasteiger partial charge in [0, 0.05) is 19.0 Å². The molecule has 1 aliphatic rings. The zero-order valence-electron chi connectivity index (χ0n) is 17.4. The minimum Gasteiger partial charge on any atom is -0.335 e. The number of piperidine rings is 1. The molecule has 1 aromatic carbocycles. The van der Waals surface area contributed by atoms with Gasteiger partial charge in [0.25, 0.3) is 0 Å². The summed E-state index contributed by atoms with van der Waals surface area (Å²) in [5, 5.41) is 13.3. The van der Waals surface area contributed by atoms with E-state index in [1.54, 1.807) is 0 Å². The fraction of sp³-hybridized carbons (Fsp3) is 0.368. The van der Waals surface area contributed by atoms with E-state index in [4.69, 9.17) is 4.52 Å². The second-order valence-electron chi connectivity index (χ2n) is 7.56. The van der Waals surface area contributed by atoms with Gasteiger partial charge in [0.1, 0.15) is 5.82 Å². The molecule has 4 rings (SSSR count). The van der Waals surface area contributed by atoms with Gasteiger partial charge >= 0.3 is 17.8 Å². The molecule has 0 saturated carbocycles. The Morgan fingerprint density at radius 1 is 1.15 bits per heavy atom. The number of halogens is 4. The average Bonchev–Trinajstić information content (AvgIpc) is 3.40. The number of amides is 2. The second-order valence-corrected chi connectivity index (χ2v) is 7.56. The number of carbonyl (C=O) groups excluding carboxylic acids is 2. The van der Waals surface area contributed by atoms with E-state index in [0.717, 1.165) is 10.6 Å². The minimum absolute atomic E-state index is 0.00219. The molecule has 0 unspecified atom stereocenters. The molecule has 2 amide bonds. The van der Waals surface area contributed by atoms with Gasteiger partial charge in [0.15, 0.2) is 5.69 Å². The largest absolute Gasteiger partial charge is 0.471 e. The van der Waals surface area contributed by atoms with Crippen LogP contribution in [0.15, 0.2) is 32.1 Å². The van der Waals surface area contributed by atoms with Gasteiger partial charge in [0.2, 0.25) is 17.5 Å². The van der Waals surface area contributed by atoms with E-state index in [2.05, 4.69) is 25.4 Å². The molecule has 11 nitrogen and oxygen atoms in total. The van der Waals surface area contributed by atoms with E-state index in [1.165, 1.54) is 19.1 Å². The van der Waals surface area contributed by atoms with E-state index in [9.17, 15) is 31.9 Å². The third kappa shape index (κ3) is 4.40. The Kier molecular flexibility index (Phi) is 5.93. The van der Waals surface area contributed by atoms with Gasteiger partial charge < -0.3 is 10.2 Å². The van der Waals surface area contributed by atoms with Gasteiger partial charge in [-0.3, -0.25) is 14.1 Å². The van der Waals surface area contributed by atoms with Crippen LogP contribution in [0.4, 0.5) is 23.4 Å². The molecule has 15 heteroatoms. The van der Waals surface area contributed by atoms with Crippen molar-refractivity contribution in [3.63, 3.8) is 0 Å². The van der Waals surface area contributed by atoms with Crippen LogP contribution in [0.2, 0.25) is 0 Å². The Hall–Kier alpha value is -4.04. The van der Waals surface area contributed by atoms with Crippen LogP contribution in [0.25, 0.3) is 17.2 Å². The first-order valence-electron chi connectivity index (χ1n) is 9.91. The zero-order chi connectivity index (χ0) is 24.6. The fourth-order valence-corrected chi connectivity index (χ4v) is 3.56. The maximum atomic E-state index is 13.6. The summed E-state index contributed by atoms with van der Waals surface area (Å²) in [5.41, 5.74) is 0.298. The predicted octanol–water partition coefficient (Wildman–Crippen LogP) is 2.06. The number of benzene rings is 1. The standard InChI is InChI=1S/C19H16F4N6O5/c1-9-8-11(2-3-12(9)20)29-15(27-33-18(29)32)13-14(26-34-25-13)24-16(30)10-4-6-28(7-5-10)17(31)19(21,22)23/h2-3,8,10H,4-7H2,1H3,(H,24,26,30). The molecule has 1 N–H and O–H groups in total. The van der Waals surface area contributed by atoms with E-state index in [1.807, 2.05) is 0 Å². The smallest absolute Gasteiger partial charge is 0.335 e. The lowest BCUT2D eigenvalue weighted by atomic mass is 9.96. The molecule has 1 fully saturated rings. The monoisotopic (exact) mass is 484 g/mol. The molecule has 2 aromatic heterocycles. The van der Waals surface area contributed by atoms with Crippen molar-refractivity contribution in [1.29, 1.82) is 0 Å². The van der Waals surface area contributed by atoms with Gasteiger partial charge in [-0.15, -0.1) is 0 Å². The van der Waals surface area contributed by atoms with Crippen LogP contribution in [0.1, 0.15) is 18.4 Å². The first-order chi connectivity index (χ1) is 16.1. The van der Waals surface area contributed by atoms with Gasteiger partial charge in [0.05, 0.1) is 5.69 Å². The van der Waals surface area contributed by atoms with Crippen molar-refractivity contribution in [2.75, 3.05) is 18.4 Å². The van der Waals surface area contributed by atoms with Gasteiger partial charge in [-0.25, -0.2) is 18.4 Å². The van der Waals surface area contributed by atoms with Crippen LogP contribution < -0.4 is 11.1 Å². The topological polar surface area (TPSA) is 136 Å². The summed E-state index contributed by atoms with van der Waals surface area (Å²) >= 11 is 0. The van der Waals surface area contributed by atoms with Crippen molar-refractivity contribution >= 4 is 17.6 Å². The Labute approximate surface area is 187 Å². The Balaban J connectivity index is 1.52. The molecule has 3 aromatic rings. The van der Waals surface area contributed by atoms with Gasteiger partial charge in [-0.05, 0) is 53.8 Å². The second kappa shape index (κ2) is 8.72. The number of hydrogen-bond acceptors (Lipinski definition) is 8. The van der Waals surface area contributed by atoms with Crippen molar-refractivity contribution < 1.29 is 36.3 Å². The van der Waals surface area contributed by atoms with Crippen molar-refractivity contribution in [3.05, 3.63) is 40.1 Å². The fourth-order valence-electron chi connectivity index (χ4n) is 3.56. The van der Waals surface area contributed by atoms with Gasteiger partial charge in [-0.2, -0.15) is 13.2 Å². The summed E-state index contributed by atoms with van der Waals surface area (Å²) in [7, 11) is 0. The lowest BCUT2D eigenvalue weighted by Gasteiger charge is -2.31. The highest BCUT2D eigenvalue weighted by molar-refractivity contribution is 5.94. The number of nitrogens with zero attached hydrogens (tertiary/aromatic N) is 5. The quantitative estimate of drug-likeness (QED) is 0.556. The lowest BCUT2D eigenvalue weighted by molar-refractivity contribution is -0.186. The number of carbonyl (C=O) groups is 2. The summed E-state index contributed by atoms with van der Waals surface area (Å²) in [4.78, 5) is 36.9. The molecule has 1 saturated heterocycles. The summed E-state index contributed by atoms with van der Waals surface area (Å²) in [6.45, 7) is 1.01. The molecule has 3 heterocycles. The van der Waals surface area contributed by atoms with Crippen LogP contribution >= 0.6 is 0 Å². The summed E-state index contributed by atoms with van der Waals surface area (Å²) in [5.74, 6) is -5.05. The summed E-state index contributed by atoms with van der Waals surface area (Å²) in [6, 6.07) is 3.83. The molecule has 0 aliphatic carbocycles. The van der Waals surface area contributed by atoms with E-state index >= 15 is 0 Å². The normalized spacial score (nSPS) is 14.9. The van der Waals surface area contributed by atoms with E-state index in [-0.39, 0.29) is 54.5 Å². The first-order valence-corrected chi connectivity index (χ1v) is 9.91. The highest BCUT2D eigenvalue weighted by atomic mass is 19.4. The number of aromatic nitrogens is 4. The SMILES string of the molecule is Cc1cc(-n2c(-c3nonc3NC(=O)C3CCN(C(=O)C(F)(F)F)CC3)noc2=O)ccc1F. The van der Waals surface area contributed by atoms with Crippen molar-refractivity contribution in [3.8, 4) is 17.2 Å². The molecule has 180 valence electrons. The number of nitrogens with one attached hydrogen (secondary N) is 1. The van der Waals surface area contributed by atoms with Crippen LogP contribution in [0, 0.1) is 18.7 Å². The molecule has 0 radical (unpaired) electrons. The molecule has 0 spiro atoms. The van der Waals surface area contributed by atoms with Crippen molar-refractivity contribution in [1.82, 2.24) is 24.9 Å². The highest BCUT2D eigenvalue weighted by Gasteiger charge is 2.43. The Morgan fingerprint density at radius 2 is 1.85 bits per heavy atom. The van der Waals surface area contributed by atoms with Crippen LogP contribution in [-0.4, -0.2) is 56.0 Å². The third-order valence-corrected chi connectivity index (χ3v) is 5.34. The number of alkyl halides is 3. The van der Waals surface area contributed by atoms with Crippen LogP contribution in [-0.2, 0) is 9.59 Å². The Morgan fingerprint density at radius 3 is 2.50 bits per heavy atom. The number of hydrogen-bond donors (Lipinski definition) is 1. The van der Waals surface area contributed by atoms with Gasteiger partial charge in [-0.1, -0.05) is 5.16 Å². The molecule has 0 bridgehead atoms. The predicted molar refractivity (Wildman–Crippen MR) is 104 cm³/mol. The third-order valence-electron chi connectivity index (χ3n) is 5.34. The van der Waals surface area contributed by atoms with E-state index in [0.29, 0.717) is 4.90 Å². The summed E-state index contributed by atoms with van der Waals surface area (Å²) in [6.07, 6.45) is -4.98. The maximum absolute atomic E-state index is 13.6. The highest BCUT2D eigenvalue weighted by Crippen LogP contribution is 2.28. The minimum atomic E-state index is -4.98. The molecule has 1 aliphatic heterocycles. The molecular weight excluding hydrogens is 468 g/mol. The molecular formula is C19H16F4N6O5. The molecule has 34 heavy (non-hydrogen) atoms. The maximum Gasteiger partial charge on any atom is 0.471 e. The van der Waals surface area contributed by atoms with E-state index < -0.39 is 35.5 Å². The number of rotatable bonds is 4. The Bertz CT molecular complexity index is 1290. The van der Waals surface area contributed by atoms with Crippen LogP contribution in [0.5, 0.6) is 0 Å². The average molecular weight is 484 g/mol. The number of likely N-dealkylation sites (tertiary alicyclic amines) is 1. The lowest BCUT2D eigenvalue weighted by Crippen LogP contribution is -2.46. The van der Waals surface area contributed by atoms with Crippen molar-refractivity contribution in [2.24, 2.45) is 5.92 Å². The zero-order valence-corrected chi connectivity index (χ0v) is 17.4. The summed E-state index contributed by atoms with van der Waals surface area (Å²) < 4.78 is 61.8.